The highest BCUT2D eigenvalue weighted by atomic mass is 127. The molecule has 1 rings (SSSR count). The van der Waals surface area contributed by atoms with Gasteiger partial charge in [0.1, 0.15) is 5.75 Å². The van der Waals surface area contributed by atoms with E-state index in [-0.39, 0.29) is 30.5 Å². The lowest BCUT2D eigenvalue weighted by molar-refractivity contribution is -0.142. The van der Waals surface area contributed by atoms with Crippen LogP contribution in [0.4, 0.5) is 13.2 Å². The Hall–Kier alpha value is -1.23. The Morgan fingerprint density at radius 2 is 1.76 bits per heavy atom. The van der Waals surface area contributed by atoms with Crippen molar-refractivity contribution in [1.29, 1.82) is 0 Å². The van der Waals surface area contributed by atoms with Gasteiger partial charge in [-0.3, -0.25) is 9.89 Å². The molecule has 0 atom stereocenters. The molecule has 0 aliphatic carbocycles. The summed E-state index contributed by atoms with van der Waals surface area (Å²) in [5, 5.41) is 6.14. The van der Waals surface area contributed by atoms with Gasteiger partial charge in [-0.2, -0.15) is 13.2 Å². The number of halogens is 4. The number of benzene rings is 1. The fourth-order valence-corrected chi connectivity index (χ4v) is 2.09. The molecule has 0 aliphatic rings. The molecule has 25 heavy (non-hydrogen) atoms. The topological polar surface area (TPSA) is 48.9 Å². The van der Waals surface area contributed by atoms with Gasteiger partial charge in [0, 0.05) is 26.7 Å². The van der Waals surface area contributed by atoms with E-state index in [9.17, 15) is 13.2 Å². The minimum absolute atomic E-state index is 0. The Kier molecular flexibility index (Phi) is 11.6. The maximum Gasteiger partial charge on any atom is 0.401 e. The molecule has 0 spiro atoms. The van der Waals surface area contributed by atoms with Crippen LogP contribution in [0.25, 0.3) is 0 Å². The van der Waals surface area contributed by atoms with Gasteiger partial charge in [0.05, 0.1) is 13.7 Å². The van der Waals surface area contributed by atoms with Gasteiger partial charge in [0.25, 0.3) is 0 Å². The second-order valence-corrected chi connectivity index (χ2v) is 5.38. The molecule has 0 aliphatic heterocycles. The van der Waals surface area contributed by atoms with Crippen LogP contribution in [0.3, 0.4) is 0 Å². The molecule has 2 N–H and O–H groups in total. The number of likely N-dealkylation sites (N-methyl/N-ethyl adjacent to an activating group) is 1. The van der Waals surface area contributed by atoms with Crippen molar-refractivity contribution in [2.45, 2.75) is 12.6 Å². The highest BCUT2D eigenvalue weighted by Gasteiger charge is 2.28. The molecule has 0 bridgehead atoms. The van der Waals surface area contributed by atoms with Crippen molar-refractivity contribution in [2.24, 2.45) is 4.99 Å². The SMILES string of the molecule is CN=C(NCCc1ccc(OC)cc1)NCCN(C)CC(F)(F)F.I. The number of aliphatic imine (C=N–C) groups is 1. The second kappa shape index (κ2) is 12.2. The number of nitrogens with zero attached hydrogens (tertiary/aromatic N) is 2. The zero-order valence-corrected chi connectivity index (χ0v) is 17.0. The Balaban J connectivity index is 0.00000576. The van der Waals surface area contributed by atoms with Gasteiger partial charge in [-0.15, -0.1) is 24.0 Å². The largest absolute Gasteiger partial charge is 0.497 e. The monoisotopic (exact) mass is 474 g/mol. The lowest BCUT2D eigenvalue weighted by Gasteiger charge is -2.19. The molecule has 0 fully saturated rings. The van der Waals surface area contributed by atoms with Crippen LogP contribution >= 0.6 is 24.0 Å². The number of ether oxygens (including phenoxy) is 1. The first-order valence-electron chi connectivity index (χ1n) is 7.67. The number of nitrogens with one attached hydrogen (secondary N) is 2. The van der Waals surface area contributed by atoms with Gasteiger partial charge in [-0.1, -0.05) is 12.1 Å². The molecule has 9 heteroatoms. The standard InChI is InChI=1S/C16H25F3N4O.HI/c1-20-15(22-10-11-23(2)12-16(17,18)19)21-9-8-13-4-6-14(24-3)7-5-13;/h4-7H,8-12H2,1-3H3,(H2,20,21,22);1H. The Bertz CT molecular complexity index is 509. The summed E-state index contributed by atoms with van der Waals surface area (Å²) in [5.41, 5.74) is 1.16. The normalized spacial score (nSPS) is 11.9. The summed E-state index contributed by atoms with van der Waals surface area (Å²) >= 11 is 0. The summed E-state index contributed by atoms with van der Waals surface area (Å²) in [6, 6.07) is 7.78. The van der Waals surface area contributed by atoms with Crippen LogP contribution < -0.4 is 15.4 Å². The van der Waals surface area contributed by atoms with E-state index >= 15 is 0 Å². The van der Waals surface area contributed by atoms with Crippen molar-refractivity contribution in [3.63, 3.8) is 0 Å². The zero-order valence-electron chi connectivity index (χ0n) is 14.7. The molecule has 0 aromatic heterocycles. The summed E-state index contributed by atoms with van der Waals surface area (Å²) < 4.78 is 41.8. The highest BCUT2D eigenvalue weighted by Crippen LogP contribution is 2.15. The number of hydrogen-bond donors (Lipinski definition) is 2. The molecular formula is C16H26F3IN4O. The number of methoxy groups -OCH3 is 1. The third kappa shape index (κ3) is 11.1. The van der Waals surface area contributed by atoms with Crippen molar-refractivity contribution in [3.05, 3.63) is 29.8 Å². The van der Waals surface area contributed by atoms with Gasteiger partial charge in [-0.05, 0) is 31.2 Å². The first kappa shape index (κ1) is 23.8. The predicted molar refractivity (Wildman–Crippen MR) is 105 cm³/mol. The number of hydrogen-bond acceptors (Lipinski definition) is 3. The van der Waals surface area contributed by atoms with Crippen LogP contribution in [0.2, 0.25) is 0 Å². The molecule has 0 heterocycles. The zero-order chi connectivity index (χ0) is 18.0. The molecule has 5 nitrogen and oxygen atoms in total. The van der Waals surface area contributed by atoms with E-state index in [1.807, 2.05) is 24.3 Å². The number of guanidine groups is 1. The van der Waals surface area contributed by atoms with Gasteiger partial charge >= 0.3 is 6.18 Å². The van der Waals surface area contributed by atoms with Crippen molar-refractivity contribution in [1.82, 2.24) is 15.5 Å². The molecule has 0 saturated carbocycles. The fraction of sp³-hybridized carbons (Fsp3) is 0.562. The van der Waals surface area contributed by atoms with E-state index in [1.165, 1.54) is 11.9 Å². The first-order chi connectivity index (χ1) is 11.3. The van der Waals surface area contributed by atoms with E-state index in [4.69, 9.17) is 4.74 Å². The summed E-state index contributed by atoms with van der Waals surface area (Å²) in [5.74, 6) is 1.39. The van der Waals surface area contributed by atoms with Gasteiger partial charge in [0.15, 0.2) is 5.96 Å². The molecule has 1 aromatic rings. The van der Waals surface area contributed by atoms with Gasteiger partial charge < -0.3 is 15.4 Å². The van der Waals surface area contributed by atoms with E-state index in [0.29, 0.717) is 19.0 Å². The van der Waals surface area contributed by atoms with Crippen LogP contribution in [0, 0.1) is 0 Å². The molecule has 0 unspecified atom stereocenters. The molecule has 0 saturated heterocycles. The Labute approximate surface area is 164 Å². The minimum atomic E-state index is -4.17. The van der Waals surface area contributed by atoms with E-state index in [0.717, 1.165) is 17.7 Å². The van der Waals surface area contributed by atoms with Crippen molar-refractivity contribution in [3.8, 4) is 5.75 Å². The third-order valence-electron chi connectivity index (χ3n) is 3.32. The van der Waals surface area contributed by atoms with Crippen LogP contribution in [0.15, 0.2) is 29.3 Å². The third-order valence-corrected chi connectivity index (χ3v) is 3.32. The average Bonchev–Trinajstić information content (AvgIpc) is 2.52. The number of rotatable bonds is 8. The molecule has 0 amide bonds. The van der Waals surface area contributed by atoms with Crippen LogP contribution in [-0.4, -0.2) is 64.4 Å². The minimum Gasteiger partial charge on any atom is -0.497 e. The average molecular weight is 474 g/mol. The maximum absolute atomic E-state index is 12.2. The Morgan fingerprint density at radius 1 is 1.16 bits per heavy atom. The first-order valence-corrected chi connectivity index (χ1v) is 7.67. The lowest BCUT2D eigenvalue weighted by atomic mass is 10.1. The van der Waals surface area contributed by atoms with Gasteiger partial charge in [0.2, 0.25) is 0 Å². The molecule has 0 radical (unpaired) electrons. The summed E-state index contributed by atoms with van der Waals surface area (Å²) in [4.78, 5) is 5.27. The lowest BCUT2D eigenvalue weighted by Crippen LogP contribution is -2.42. The maximum atomic E-state index is 12.2. The molecule has 144 valence electrons. The van der Waals surface area contributed by atoms with E-state index in [1.54, 1.807) is 14.2 Å². The molecule has 1 aromatic carbocycles. The summed E-state index contributed by atoms with van der Waals surface area (Å²) in [7, 11) is 4.69. The van der Waals surface area contributed by atoms with E-state index in [2.05, 4.69) is 15.6 Å². The van der Waals surface area contributed by atoms with Crippen LogP contribution in [-0.2, 0) is 6.42 Å². The Morgan fingerprint density at radius 3 is 2.28 bits per heavy atom. The smallest absolute Gasteiger partial charge is 0.401 e. The van der Waals surface area contributed by atoms with E-state index < -0.39 is 12.7 Å². The van der Waals surface area contributed by atoms with Crippen LogP contribution in [0.5, 0.6) is 5.75 Å². The van der Waals surface area contributed by atoms with Gasteiger partial charge in [-0.25, -0.2) is 0 Å². The predicted octanol–water partition coefficient (Wildman–Crippen LogP) is 2.51. The second-order valence-electron chi connectivity index (χ2n) is 5.38. The van der Waals surface area contributed by atoms with Crippen molar-refractivity contribution < 1.29 is 17.9 Å². The summed E-state index contributed by atoms with van der Waals surface area (Å²) in [6.07, 6.45) is -3.37. The quantitative estimate of drug-likeness (QED) is 0.346. The fourth-order valence-electron chi connectivity index (χ4n) is 2.09. The van der Waals surface area contributed by atoms with Crippen molar-refractivity contribution in [2.75, 3.05) is 47.4 Å². The van der Waals surface area contributed by atoms with Crippen molar-refractivity contribution >= 4 is 29.9 Å². The molecular weight excluding hydrogens is 448 g/mol. The van der Waals surface area contributed by atoms with Crippen LogP contribution in [0.1, 0.15) is 5.56 Å². The number of alkyl halides is 3. The summed E-state index contributed by atoms with van der Waals surface area (Å²) in [6.45, 7) is 0.413. The highest BCUT2D eigenvalue weighted by molar-refractivity contribution is 14.0.